The Labute approximate surface area is 163 Å². The van der Waals surface area contributed by atoms with Gasteiger partial charge in [0.1, 0.15) is 16.9 Å². The largest absolute Gasteiger partial charge is 1.00 e. The number of hydrogen-bond donors (Lipinski definition) is 2. The molecule has 0 unspecified atom stereocenters. The molecule has 7 heteroatoms. The number of rotatable bonds is 4. The highest BCUT2D eigenvalue weighted by Crippen LogP contribution is 2.15. The van der Waals surface area contributed by atoms with Crippen LogP contribution in [0.15, 0.2) is 42.5 Å². The number of pyridine rings is 1. The first-order chi connectivity index (χ1) is 11.6. The van der Waals surface area contributed by atoms with Gasteiger partial charge in [-0.05, 0) is 12.1 Å². The highest BCUT2D eigenvalue weighted by molar-refractivity contribution is 6.33. The van der Waals surface area contributed by atoms with Gasteiger partial charge >= 0.3 is 0 Å². The molecule has 0 radical (unpaired) electrons. The Bertz CT molecular complexity index is 684. The number of nitrogens with zero attached hydrogens (tertiary/aromatic N) is 1. The number of carbonyl (C=O) groups excluding carboxylic acids is 1. The quantitative estimate of drug-likeness (QED) is 0.672. The van der Waals surface area contributed by atoms with Gasteiger partial charge in [-0.3, -0.25) is 4.79 Å². The number of nitrogens with one attached hydrogen (secondary N) is 2. The molecule has 0 spiro atoms. The lowest BCUT2D eigenvalue weighted by Gasteiger charge is -2.29. The van der Waals surface area contributed by atoms with Crippen LogP contribution in [0.1, 0.15) is 28.8 Å². The van der Waals surface area contributed by atoms with Gasteiger partial charge in [0, 0.05) is 30.0 Å². The summed E-state index contributed by atoms with van der Waals surface area (Å²) in [4.78, 5) is 17.7. The Morgan fingerprint density at radius 1 is 1.12 bits per heavy atom. The van der Waals surface area contributed by atoms with E-state index in [2.05, 4.69) is 34.6 Å². The minimum absolute atomic E-state index is 0. The molecule has 0 aliphatic carbocycles. The van der Waals surface area contributed by atoms with E-state index in [0.29, 0.717) is 5.56 Å². The highest BCUT2D eigenvalue weighted by Gasteiger charge is 2.24. The molecule has 0 saturated carbocycles. The van der Waals surface area contributed by atoms with E-state index < -0.39 is 0 Å². The fraction of sp³-hybridized carbons (Fsp3) is 0.333. The summed E-state index contributed by atoms with van der Waals surface area (Å²) < 4.78 is 0. The van der Waals surface area contributed by atoms with Crippen molar-refractivity contribution in [3.63, 3.8) is 0 Å². The molecule has 134 valence electrons. The molecule has 1 fully saturated rings. The van der Waals surface area contributed by atoms with Gasteiger partial charge in [0.05, 0.1) is 13.1 Å². The summed E-state index contributed by atoms with van der Waals surface area (Å²) in [6.45, 7) is 3.15. The van der Waals surface area contributed by atoms with Crippen LogP contribution in [0.3, 0.4) is 0 Å². The summed E-state index contributed by atoms with van der Waals surface area (Å²) in [5.41, 5.74) is 1.81. The minimum atomic E-state index is -0.141. The van der Waals surface area contributed by atoms with Crippen molar-refractivity contribution in [3.05, 3.63) is 63.9 Å². The lowest BCUT2D eigenvalue weighted by atomic mass is 10.0. The third kappa shape index (κ3) is 5.86. The summed E-state index contributed by atoms with van der Waals surface area (Å²) in [5.74, 6) is -0.141. The molecule has 0 atom stereocenters. The van der Waals surface area contributed by atoms with Crippen molar-refractivity contribution in [2.45, 2.75) is 25.4 Å². The predicted molar refractivity (Wildman–Crippen MR) is 95.6 cm³/mol. The number of quaternary nitrogens is 1. The first kappa shape index (κ1) is 20.0. The summed E-state index contributed by atoms with van der Waals surface area (Å²) in [6, 6.07) is 13.8. The fourth-order valence-corrected chi connectivity index (χ4v) is 3.56. The van der Waals surface area contributed by atoms with Crippen LogP contribution in [0.25, 0.3) is 0 Å². The van der Waals surface area contributed by atoms with E-state index in [1.165, 1.54) is 5.56 Å². The van der Waals surface area contributed by atoms with Gasteiger partial charge in [-0.15, -0.1) is 0 Å². The summed E-state index contributed by atoms with van der Waals surface area (Å²) in [5, 5.41) is 3.54. The van der Waals surface area contributed by atoms with E-state index in [-0.39, 0.29) is 34.7 Å². The third-order valence-corrected chi connectivity index (χ3v) is 4.74. The van der Waals surface area contributed by atoms with Crippen molar-refractivity contribution in [2.75, 3.05) is 13.1 Å². The molecule has 1 aliphatic heterocycles. The predicted octanol–water partition coefficient (Wildman–Crippen LogP) is -0.630. The number of hydrogen-bond acceptors (Lipinski definition) is 2. The second kappa shape index (κ2) is 9.39. The SMILES string of the molecule is O=C(NC1CC[NH+](Cc2ccccc2)CC1)c1cc(Cl)nc(Cl)c1.[Cl-]. The second-order valence-corrected chi connectivity index (χ2v) is 6.94. The van der Waals surface area contributed by atoms with Crippen LogP contribution in [-0.4, -0.2) is 30.0 Å². The first-order valence-corrected chi connectivity index (χ1v) is 8.87. The Balaban J connectivity index is 0.00000225. The average molecular weight is 401 g/mol. The van der Waals surface area contributed by atoms with Crippen molar-refractivity contribution in [1.82, 2.24) is 10.3 Å². The van der Waals surface area contributed by atoms with Gasteiger partial charge in [0.25, 0.3) is 5.91 Å². The Morgan fingerprint density at radius 3 is 2.32 bits per heavy atom. The zero-order valence-corrected chi connectivity index (χ0v) is 15.9. The van der Waals surface area contributed by atoms with Crippen LogP contribution >= 0.6 is 23.2 Å². The number of likely N-dealkylation sites (tertiary alicyclic amines) is 1. The number of carbonyl (C=O) groups is 1. The maximum absolute atomic E-state index is 12.3. The lowest BCUT2D eigenvalue weighted by molar-refractivity contribution is -0.918. The number of benzene rings is 1. The van der Waals surface area contributed by atoms with Crippen molar-refractivity contribution in [2.24, 2.45) is 0 Å². The van der Waals surface area contributed by atoms with Crippen LogP contribution in [0.5, 0.6) is 0 Å². The molecule has 0 bridgehead atoms. The smallest absolute Gasteiger partial charge is 0.251 e. The number of amides is 1. The first-order valence-electron chi connectivity index (χ1n) is 8.11. The normalized spacial score (nSPS) is 19.8. The molecule has 1 aliphatic rings. The highest BCUT2D eigenvalue weighted by atomic mass is 35.5. The standard InChI is InChI=1S/C18H19Cl2N3O.ClH/c19-16-10-14(11-17(20)22-16)18(24)21-15-6-8-23(9-7-15)12-13-4-2-1-3-5-13;/h1-5,10-11,15H,6-9,12H2,(H,21,24);1H. The third-order valence-electron chi connectivity index (χ3n) is 4.35. The zero-order chi connectivity index (χ0) is 16.9. The molecule has 3 rings (SSSR count). The van der Waals surface area contributed by atoms with E-state index in [9.17, 15) is 4.79 Å². The average Bonchev–Trinajstić information content (AvgIpc) is 2.57. The van der Waals surface area contributed by atoms with E-state index in [0.717, 1.165) is 32.5 Å². The molecule has 1 aromatic carbocycles. The molecule has 1 amide bonds. The zero-order valence-electron chi connectivity index (χ0n) is 13.6. The summed E-state index contributed by atoms with van der Waals surface area (Å²) >= 11 is 11.7. The van der Waals surface area contributed by atoms with Crippen molar-refractivity contribution in [1.29, 1.82) is 0 Å². The van der Waals surface area contributed by atoms with Gasteiger partial charge < -0.3 is 22.6 Å². The van der Waals surface area contributed by atoms with E-state index in [1.807, 2.05) is 6.07 Å². The van der Waals surface area contributed by atoms with Crippen LogP contribution < -0.4 is 22.6 Å². The summed E-state index contributed by atoms with van der Waals surface area (Å²) in [7, 11) is 0. The number of piperidine rings is 1. The Kier molecular flexibility index (Phi) is 7.51. The molecule has 25 heavy (non-hydrogen) atoms. The molecule has 1 saturated heterocycles. The summed E-state index contributed by atoms with van der Waals surface area (Å²) in [6.07, 6.45) is 1.95. The van der Waals surface area contributed by atoms with Crippen molar-refractivity contribution < 1.29 is 22.1 Å². The van der Waals surface area contributed by atoms with Crippen LogP contribution in [-0.2, 0) is 6.54 Å². The second-order valence-electron chi connectivity index (χ2n) is 6.16. The molecular formula is C18H20Cl3N3O. The molecule has 1 aromatic heterocycles. The Morgan fingerprint density at radius 2 is 1.72 bits per heavy atom. The lowest BCUT2D eigenvalue weighted by Crippen LogP contribution is -3.12. The van der Waals surface area contributed by atoms with Gasteiger partial charge in [-0.2, -0.15) is 0 Å². The van der Waals surface area contributed by atoms with Crippen molar-refractivity contribution in [3.8, 4) is 0 Å². The Hall–Kier alpha value is -1.33. The van der Waals surface area contributed by atoms with Gasteiger partial charge in [0.15, 0.2) is 0 Å². The molecule has 2 heterocycles. The monoisotopic (exact) mass is 399 g/mol. The molecule has 2 aromatic rings. The van der Waals surface area contributed by atoms with Gasteiger partial charge in [0.2, 0.25) is 0 Å². The minimum Gasteiger partial charge on any atom is -1.00 e. The van der Waals surface area contributed by atoms with Crippen LogP contribution in [0.2, 0.25) is 10.3 Å². The number of halogens is 3. The molecular weight excluding hydrogens is 381 g/mol. The maximum atomic E-state index is 12.3. The molecule has 2 N–H and O–H groups in total. The van der Waals surface area contributed by atoms with Gasteiger partial charge in [-0.25, -0.2) is 4.98 Å². The fourth-order valence-electron chi connectivity index (χ4n) is 3.10. The number of aromatic nitrogens is 1. The van der Waals surface area contributed by atoms with Crippen molar-refractivity contribution >= 4 is 29.1 Å². The topological polar surface area (TPSA) is 46.4 Å². The van der Waals surface area contributed by atoms with Gasteiger partial charge in [-0.1, -0.05) is 53.5 Å². The maximum Gasteiger partial charge on any atom is 0.251 e. The van der Waals surface area contributed by atoms with E-state index >= 15 is 0 Å². The van der Waals surface area contributed by atoms with Crippen LogP contribution in [0, 0.1) is 0 Å². The molecule has 4 nitrogen and oxygen atoms in total. The van der Waals surface area contributed by atoms with E-state index in [4.69, 9.17) is 23.2 Å². The van der Waals surface area contributed by atoms with Crippen LogP contribution in [0.4, 0.5) is 0 Å². The van der Waals surface area contributed by atoms with E-state index in [1.54, 1.807) is 17.0 Å².